The zero-order chi connectivity index (χ0) is 16.9. The van der Waals surface area contributed by atoms with Gasteiger partial charge in [-0.3, -0.25) is 0 Å². The van der Waals surface area contributed by atoms with E-state index in [1.165, 1.54) is 31.3 Å². The van der Waals surface area contributed by atoms with Gasteiger partial charge in [-0.2, -0.15) is 0 Å². The van der Waals surface area contributed by atoms with Gasteiger partial charge >= 0.3 is 0 Å². The summed E-state index contributed by atoms with van der Waals surface area (Å²) in [4.78, 5) is 0. The van der Waals surface area contributed by atoms with Crippen LogP contribution in [-0.4, -0.2) is 5.11 Å². The van der Waals surface area contributed by atoms with Crippen molar-refractivity contribution in [3.8, 4) is 0 Å². The predicted octanol–water partition coefficient (Wildman–Crippen LogP) is 5.26. The molecular formula is C22H31NO. The molecule has 0 amide bonds. The Kier molecular flexibility index (Phi) is 3.80. The first kappa shape index (κ1) is 16.2. The average molecular weight is 325 g/mol. The smallest absolute Gasteiger partial charge is 0.0902 e. The molecule has 0 spiro atoms. The van der Waals surface area contributed by atoms with Gasteiger partial charge in [-0.1, -0.05) is 38.8 Å². The van der Waals surface area contributed by atoms with E-state index in [-0.39, 0.29) is 0 Å². The number of rotatable bonds is 2. The van der Waals surface area contributed by atoms with Crippen molar-refractivity contribution in [3.05, 3.63) is 35.4 Å². The lowest BCUT2D eigenvalue weighted by molar-refractivity contribution is -0.0255. The van der Waals surface area contributed by atoms with Crippen LogP contribution in [0.15, 0.2) is 24.3 Å². The minimum absolute atomic E-state index is 0.399. The SMILES string of the molecule is CC1(C)CC=C(c2cc(C3(O)CC4CCC(C4)C3)ccc2N)CC1. The van der Waals surface area contributed by atoms with E-state index in [0.29, 0.717) is 17.3 Å². The lowest BCUT2D eigenvalue weighted by atomic mass is 9.72. The summed E-state index contributed by atoms with van der Waals surface area (Å²) in [5.41, 5.74) is 10.5. The van der Waals surface area contributed by atoms with Gasteiger partial charge in [0.2, 0.25) is 0 Å². The second-order valence-electron chi connectivity index (χ2n) is 9.38. The number of hydrogen-bond acceptors (Lipinski definition) is 2. The fourth-order valence-corrected chi connectivity index (χ4v) is 5.27. The van der Waals surface area contributed by atoms with E-state index in [1.54, 1.807) is 0 Å². The highest BCUT2D eigenvalue weighted by Gasteiger charge is 2.43. The molecule has 0 radical (unpaired) electrons. The van der Waals surface area contributed by atoms with Gasteiger partial charge in [-0.15, -0.1) is 0 Å². The maximum absolute atomic E-state index is 11.4. The first-order chi connectivity index (χ1) is 11.3. The molecule has 2 nitrogen and oxygen atoms in total. The summed E-state index contributed by atoms with van der Waals surface area (Å²) in [5, 5.41) is 11.4. The standard InChI is InChI=1S/C22H31NO/c1-21(2)9-7-17(8-10-21)19-12-18(5-6-20(19)23)22(24)13-15-3-4-16(11-15)14-22/h5-7,12,15-16,24H,3-4,8-11,13-14,23H2,1-2H3. The Morgan fingerprint density at radius 1 is 1.12 bits per heavy atom. The van der Waals surface area contributed by atoms with Gasteiger partial charge in [-0.25, -0.2) is 0 Å². The molecular weight excluding hydrogens is 294 g/mol. The van der Waals surface area contributed by atoms with Crippen LogP contribution < -0.4 is 5.73 Å². The zero-order valence-corrected chi connectivity index (χ0v) is 15.1. The second kappa shape index (κ2) is 5.62. The molecule has 3 aliphatic rings. The first-order valence-electron chi connectivity index (χ1n) is 9.66. The highest BCUT2D eigenvalue weighted by Crippen LogP contribution is 2.51. The quantitative estimate of drug-likeness (QED) is 0.729. The summed E-state index contributed by atoms with van der Waals surface area (Å²) >= 11 is 0. The van der Waals surface area contributed by atoms with Gasteiger partial charge in [0.1, 0.15) is 0 Å². The Morgan fingerprint density at radius 3 is 2.46 bits per heavy atom. The van der Waals surface area contributed by atoms with Crippen molar-refractivity contribution >= 4 is 11.3 Å². The number of aliphatic hydroxyl groups is 1. The maximum Gasteiger partial charge on any atom is 0.0902 e. The summed E-state index contributed by atoms with van der Waals surface area (Å²) in [6, 6.07) is 6.28. The van der Waals surface area contributed by atoms with Gasteiger partial charge in [0.15, 0.2) is 0 Å². The van der Waals surface area contributed by atoms with E-state index >= 15 is 0 Å². The Balaban J connectivity index is 1.66. The minimum Gasteiger partial charge on any atom is -0.398 e. The average Bonchev–Trinajstić information content (AvgIpc) is 2.87. The molecule has 0 aliphatic heterocycles. The zero-order valence-electron chi connectivity index (χ0n) is 15.1. The minimum atomic E-state index is -0.638. The maximum atomic E-state index is 11.4. The third-order valence-corrected chi connectivity index (χ3v) is 6.81. The molecule has 4 rings (SSSR count). The first-order valence-corrected chi connectivity index (χ1v) is 9.66. The van der Waals surface area contributed by atoms with Crippen molar-refractivity contribution in [1.29, 1.82) is 0 Å². The van der Waals surface area contributed by atoms with Gasteiger partial charge in [0, 0.05) is 11.3 Å². The Labute approximate surface area is 146 Å². The number of allylic oxidation sites excluding steroid dienone is 2. The molecule has 1 aromatic rings. The fourth-order valence-electron chi connectivity index (χ4n) is 5.27. The fraction of sp³-hybridized carbons (Fsp3) is 0.636. The summed E-state index contributed by atoms with van der Waals surface area (Å²) < 4.78 is 0. The van der Waals surface area contributed by atoms with Crippen LogP contribution in [0.5, 0.6) is 0 Å². The van der Waals surface area contributed by atoms with Crippen LogP contribution in [-0.2, 0) is 5.60 Å². The van der Waals surface area contributed by atoms with Crippen LogP contribution in [0, 0.1) is 17.3 Å². The van der Waals surface area contributed by atoms with Crippen LogP contribution in [0.25, 0.3) is 5.57 Å². The van der Waals surface area contributed by atoms with Crippen molar-refractivity contribution in [2.24, 2.45) is 17.3 Å². The van der Waals surface area contributed by atoms with Gasteiger partial charge in [-0.05, 0) is 79.0 Å². The van der Waals surface area contributed by atoms with Gasteiger partial charge < -0.3 is 10.8 Å². The number of fused-ring (bicyclic) bond motifs is 2. The van der Waals surface area contributed by atoms with E-state index in [4.69, 9.17) is 5.73 Å². The van der Waals surface area contributed by atoms with Crippen LogP contribution in [0.2, 0.25) is 0 Å². The second-order valence-corrected chi connectivity index (χ2v) is 9.38. The Morgan fingerprint density at radius 2 is 1.83 bits per heavy atom. The van der Waals surface area contributed by atoms with Crippen LogP contribution in [0.1, 0.15) is 76.3 Å². The molecule has 3 N–H and O–H groups in total. The van der Waals surface area contributed by atoms with Crippen LogP contribution in [0.4, 0.5) is 5.69 Å². The van der Waals surface area contributed by atoms with E-state index in [9.17, 15) is 5.11 Å². The summed E-state index contributed by atoms with van der Waals surface area (Å²) in [6.07, 6.45) is 11.6. The van der Waals surface area contributed by atoms with E-state index in [0.717, 1.165) is 42.5 Å². The molecule has 2 unspecified atom stereocenters. The Hall–Kier alpha value is -1.28. The van der Waals surface area contributed by atoms with E-state index < -0.39 is 5.60 Å². The largest absolute Gasteiger partial charge is 0.398 e. The third-order valence-electron chi connectivity index (χ3n) is 6.81. The molecule has 2 saturated carbocycles. The highest BCUT2D eigenvalue weighted by molar-refractivity contribution is 5.76. The number of nitrogens with two attached hydrogens (primary N) is 1. The Bertz CT molecular complexity index is 661. The lowest BCUT2D eigenvalue weighted by Crippen LogP contribution is -2.33. The molecule has 130 valence electrons. The van der Waals surface area contributed by atoms with Gasteiger partial charge in [0.05, 0.1) is 5.60 Å². The topological polar surface area (TPSA) is 46.2 Å². The van der Waals surface area contributed by atoms with Crippen molar-refractivity contribution in [3.63, 3.8) is 0 Å². The predicted molar refractivity (Wildman–Crippen MR) is 100 cm³/mol. The molecule has 0 aromatic heterocycles. The molecule has 3 aliphatic carbocycles. The molecule has 2 heteroatoms. The summed E-state index contributed by atoms with van der Waals surface area (Å²) in [6.45, 7) is 4.67. The van der Waals surface area contributed by atoms with Crippen LogP contribution in [0.3, 0.4) is 0 Å². The van der Waals surface area contributed by atoms with Gasteiger partial charge in [0.25, 0.3) is 0 Å². The number of hydrogen-bond donors (Lipinski definition) is 2. The summed E-state index contributed by atoms with van der Waals surface area (Å²) in [7, 11) is 0. The summed E-state index contributed by atoms with van der Waals surface area (Å²) in [5.74, 6) is 1.42. The molecule has 2 fully saturated rings. The number of benzene rings is 1. The molecule has 1 aromatic carbocycles. The molecule has 2 atom stereocenters. The number of nitrogen functional groups attached to an aromatic ring is 1. The highest BCUT2D eigenvalue weighted by atomic mass is 16.3. The lowest BCUT2D eigenvalue weighted by Gasteiger charge is -2.37. The van der Waals surface area contributed by atoms with Crippen molar-refractivity contribution in [2.45, 2.75) is 70.8 Å². The molecule has 0 saturated heterocycles. The molecule has 2 bridgehead atoms. The monoisotopic (exact) mass is 325 g/mol. The van der Waals surface area contributed by atoms with E-state index in [2.05, 4.69) is 32.1 Å². The van der Waals surface area contributed by atoms with Crippen LogP contribution >= 0.6 is 0 Å². The van der Waals surface area contributed by atoms with Crippen molar-refractivity contribution in [1.82, 2.24) is 0 Å². The molecule has 0 heterocycles. The van der Waals surface area contributed by atoms with Crippen molar-refractivity contribution in [2.75, 3.05) is 5.73 Å². The normalized spacial score (nSPS) is 34.9. The third kappa shape index (κ3) is 2.90. The molecule has 24 heavy (non-hydrogen) atoms. The van der Waals surface area contributed by atoms with E-state index in [1.807, 2.05) is 6.07 Å². The number of anilines is 1. The van der Waals surface area contributed by atoms with Crippen molar-refractivity contribution < 1.29 is 5.11 Å².